The van der Waals surface area contributed by atoms with Crippen molar-refractivity contribution in [3.05, 3.63) is 68.9 Å². The van der Waals surface area contributed by atoms with E-state index in [4.69, 9.17) is 11.6 Å². The van der Waals surface area contributed by atoms with E-state index in [2.05, 4.69) is 30.1 Å². The third kappa shape index (κ3) is 5.69. The number of H-pyrrole nitrogens is 1. The van der Waals surface area contributed by atoms with Gasteiger partial charge < -0.3 is 4.98 Å². The highest BCUT2D eigenvalue weighted by Crippen LogP contribution is 2.51. The van der Waals surface area contributed by atoms with Gasteiger partial charge >= 0.3 is 12.4 Å². The Bertz CT molecular complexity index is 1610. The van der Waals surface area contributed by atoms with Gasteiger partial charge in [0.2, 0.25) is 0 Å². The maximum atomic E-state index is 13.2. The van der Waals surface area contributed by atoms with Gasteiger partial charge in [-0.05, 0) is 36.0 Å². The van der Waals surface area contributed by atoms with Crippen LogP contribution in [0.5, 0.6) is 0 Å². The van der Waals surface area contributed by atoms with Crippen LogP contribution in [0.2, 0.25) is 5.15 Å². The van der Waals surface area contributed by atoms with Crippen LogP contribution in [0.4, 0.5) is 37.7 Å². The van der Waals surface area contributed by atoms with Crippen LogP contribution in [0.1, 0.15) is 11.1 Å². The smallest absolute Gasteiger partial charge is 0.316 e. The van der Waals surface area contributed by atoms with E-state index in [1.807, 2.05) is 0 Å². The summed E-state index contributed by atoms with van der Waals surface area (Å²) < 4.78 is 79.3. The fourth-order valence-electron chi connectivity index (χ4n) is 3.43. The molecule has 1 atom stereocenters. The Morgan fingerprint density at radius 3 is 2.28 bits per heavy atom. The molecule has 1 aliphatic rings. The molecule has 0 amide bonds. The minimum atomic E-state index is -5.02. The first kappa shape index (κ1) is 26.9. The quantitative estimate of drug-likeness (QED) is 0.0621. The molecule has 0 aliphatic carbocycles. The lowest BCUT2D eigenvalue weighted by molar-refractivity contribution is -0.384. The molecule has 39 heavy (non-hydrogen) atoms. The maximum Gasteiger partial charge on any atom is 0.416 e. The fraction of sp³-hybridized carbons (Fsp3) is 0.0952. The second kappa shape index (κ2) is 9.80. The Morgan fingerprint density at radius 1 is 0.949 bits per heavy atom. The minimum absolute atomic E-state index is 0.0144. The van der Waals surface area contributed by atoms with Crippen LogP contribution in [-0.4, -0.2) is 35.6 Å². The molecule has 2 aromatic carbocycles. The van der Waals surface area contributed by atoms with Crippen molar-refractivity contribution in [3.8, 4) is 11.4 Å². The molecule has 0 spiro atoms. The van der Waals surface area contributed by atoms with Gasteiger partial charge in [0.15, 0.2) is 16.1 Å². The van der Waals surface area contributed by atoms with Gasteiger partial charge in [-0.25, -0.2) is 15.0 Å². The van der Waals surface area contributed by atoms with E-state index in [0.717, 1.165) is 11.8 Å². The van der Waals surface area contributed by atoms with Crippen LogP contribution in [0, 0.1) is 10.1 Å². The third-order valence-corrected chi connectivity index (χ3v) is 8.01. The molecule has 3 heterocycles. The number of fused-ring (bicyclic) bond motifs is 1. The number of aromatic amines is 1. The first-order chi connectivity index (χ1) is 18.3. The van der Waals surface area contributed by atoms with Crippen molar-refractivity contribution < 1.29 is 31.3 Å². The molecule has 0 saturated heterocycles. The molecule has 9 nitrogen and oxygen atoms in total. The van der Waals surface area contributed by atoms with Gasteiger partial charge in [0.05, 0.1) is 27.3 Å². The van der Waals surface area contributed by atoms with Crippen molar-refractivity contribution in [2.45, 2.75) is 32.6 Å². The highest BCUT2D eigenvalue weighted by molar-refractivity contribution is 8.28. The lowest BCUT2D eigenvalue weighted by Crippen LogP contribution is -2.11. The summed E-state index contributed by atoms with van der Waals surface area (Å²) >= 11 is 7.03. The summed E-state index contributed by atoms with van der Waals surface area (Å²) in [5, 5.41) is 19.1. The molecular weight excluding hydrogens is 596 g/mol. The molecule has 1 N–H and O–H groups in total. The lowest BCUT2D eigenvalue weighted by atomic mass is 10.0. The molecule has 18 heteroatoms. The van der Waals surface area contributed by atoms with E-state index in [1.165, 1.54) is 18.2 Å². The van der Waals surface area contributed by atoms with Gasteiger partial charge in [-0.3, -0.25) is 10.1 Å². The molecule has 0 bridgehead atoms. The van der Waals surface area contributed by atoms with Crippen LogP contribution >= 0.6 is 34.3 Å². The summed E-state index contributed by atoms with van der Waals surface area (Å²) in [7, 11) is -1.35. The molecule has 1 unspecified atom stereocenters. The third-order valence-electron chi connectivity index (χ3n) is 5.15. The number of thiol groups is 1. The highest BCUT2D eigenvalue weighted by atomic mass is 35.5. The normalized spacial score (nSPS) is 15.9. The Kier molecular flexibility index (Phi) is 6.76. The lowest BCUT2D eigenvalue weighted by Gasteiger charge is -2.13. The topological polar surface area (TPSA) is 123 Å². The largest absolute Gasteiger partial charge is 0.416 e. The number of hydrogen-bond acceptors (Lipinski definition) is 8. The zero-order valence-electron chi connectivity index (χ0n) is 18.6. The Balaban J connectivity index is 1.43. The number of aromatic nitrogens is 5. The number of hydrogen-bond donors (Lipinski definition) is 2. The molecule has 5 rings (SSSR count). The second-order valence-electron chi connectivity index (χ2n) is 7.75. The van der Waals surface area contributed by atoms with E-state index in [1.54, 1.807) is 11.6 Å². The van der Waals surface area contributed by atoms with E-state index in [9.17, 15) is 36.5 Å². The standard InChI is InChI=1S/C21H10ClF6N7O2S2/c22-15-7-16(31-19(30-15)39-8-29-13-6-12(35(36)37)1-2-14(13)39)38-18-32-17(33-34-18)9-3-10(20(23,24)25)5-11(4-9)21(26,27)28/h1-8,39H,(H,32,33,34). The average molecular weight is 606 g/mol. The number of rotatable bonds is 5. The highest BCUT2D eigenvalue weighted by Gasteiger charge is 2.37. The predicted octanol–water partition coefficient (Wildman–Crippen LogP) is 7.10. The van der Waals surface area contributed by atoms with Crippen LogP contribution < -0.4 is 0 Å². The SMILES string of the molecule is O=[N+]([O-])c1ccc2c(c1)N=C[SH]2c1nc(Cl)cc(Sc2nnc(-c3cc(C(F)(F)F)cc(C(F)(F)F)c3)[nH]2)n1. The molecule has 202 valence electrons. The van der Waals surface area contributed by atoms with E-state index in [0.29, 0.717) is 22.7 Å². The number of non-ortho nitro benzene ring substituents is 1. The van der Waals surface area contributed by atoms with E-state index >= 15 is 0 Å². The van der Waals surface area contributed by atoms with Crippen LogP contribution in [-0.2, 0) is 12.4 Å². The van der Waals surface area contributed by atoms with Crippen molar-refractivity contribution >= 4 is 51.2 Å². The van der Waals surface area contributed by atoms with E-state index < -0.39 is 44.9 Å². The van der Waals surface area contributed by atoms with Gasteiger partial charge in [-0.1, -0.05) is 11.6 Å². The summed E-state index contributed by atoms with van der Waals surface area (Å²) in [5.74, 6) is -0.322. The Morgan fingerprint density at radius 2 is 1.64 bits per heavy atom. The molecule has 4 aromatic rings. The van der Waals surface area contributed by atoms with Crippen molar-refractivity contribution in [2.75, 3.05) is 0 Å². The van der Waals surface area contributed by atoms with Crippen LogP contribution in [0.15, 0.2) is 67.7 Å². The molecule has 1 aliphatic heterocycles. The number of halogens is 7. The zero-order valence-corrected chi connectivity index (χ0v) is 21.1. The average Bonchev–Trinajstić information content (AvgIpc) is 3.49. The predicted molar refractivity (Wildman–Crippen MR) is 130 cm³/mol. The fourth-order valence-corrected chi connectivity index (χ4v) is 6.26. The number of alkyl halides is 6. The first-order valence-electron chi connectivity index (χ1n) is 10.3. The van der Waals surface area contributed by atoms with Crippen molar-refractivity contribution in [3.63, 3.8) is 0 Å². The van der Waals surface area contributed by atoms with Gasteiger partial charge in [0, 0.05) is 28.7 Å². The number of aliphatic imine (C=N–C) groups is 1. The van der Waals surface area contributed by atoms with Crippen LogP contribution in [0.25, 0.3) is 11.4 Å². The maximum absolute atomic E-state index is 13.2. The van der Waals surface area contributed by atoms with Crippen LogP contribution in [0.3, 0.4) is 0 Å². The van der Waals surface area contributed by atoms with Gasteiger partial charge in [0.1, 0.15) is 10.2 Å². The second-order valence-corrected chi connectivity index (χ2v) is 11.0. The van der Waals surface area contributed by atoms with Crippen molar-refractivity contribution in [1.29, 1.82) is 0 Å². The van der Waals surface area contributed by atoms with Gasteiger partial charge in [-0.15, -0.1) is 21.1 Å². The summed E-state index contributed by atoms with van der Waals surface area (Å²) in [6, 6.07) is 6.67. The van der Waals surface area contributed by atoms with Crippen molar-refractivity contribution in [2.24, 2.45) is 4.99 Å². The Labute approximate surface area is 225 Å². The minimum Gasteiger partial charge on any atom is -0.316 e. The number of nitrogens with one attached hydrogen (secondary N) is 1. The monoisotopic (exact) mass is 605 g/mol. The Hall–Kier alpha value is -3.70. The molecular formula is C21H10ClF6N7O2S2. The summed E-state index contributed by atoms with van der Waals surface area (Å²) in [4.78, 5) is 26.6. The molecule has 0 fully saturated rings. The molecule has 2 aromatic heterocycles. The zero-order chi connectivity index (χ0) is 28.1. The van der Waals surface area contributed by atoms with E-state index in [-0.39, 0.29) is 38.1 Å². The van der Waals surface area contributed by atoms with Crippen molar-refractivity contribution in [1.82, 2.24) is 25.1 Å². The first-order valence-corrected chi connectivity index (χ1v) is 13.0. The van der Waals surface area contributed by atoms with Gasteiger partial charge in [0.25, 0.3) is 5.69 Å². The number of benzene rings is 2. The molecule has 0 saturated carbocycles. The number of nitro groups is 1. The van der Waals surface area contributed by atoms with Gasteiger partial charge in [-0.2, -0.15) is 26.3 Å². The summed E-state index contributed by atoms with van der Waals surface area (Å²) in [6.45, 7) is 0. The summed E-state index contributed by atoms with van der Waals surface area (Å²) in [6.07, 6.45) is -10.0. The summed E-state index contributed by atoms with van der Waals surface area (Å²) in [5.41, 5.74) is -1.62. The number of nitrogens with zero attached hydrogens (tertiary/aromatic N) is 6. The molecule has 0 radical (unpaired) electrons. The number of nitro benzene ring substituents is 1.